The smallest absolute Gasteiger partial charge is 0.228 e. The first kappa shape index (κ1) is 12.2. The number of anilines is 2. The van der Waals surface area contributed by atoms with E-state index < -0.39 is 0 Å². The molecule has 84 valence electrons. The van der Waals surface area contributed by atoms with Crippen molar-refractivity contribution in [3.05, 3.63) is 10.7 Å². The number of hydrogen-bond donors (Lipinski definition) is 1. The van der Waals surface area contributed by atoms with E-state index in [1.165, 1.54) is 0 Å². The summed E-state index contributed by atoms with van der Waals surface area (Å²) in [5.74, 6) is 1.68. The van der Waals surface area contributed by atoms with Gasteiger partial charge in [0, 0.05) is 19.2 Å². The molecule has 0 saturated carbocycles. The summed E-state index contributed by atoms with van der Waals surface area (Å²) in [4.78, 5) is 10.5. The Morgan fingerprint density at radius 3 is 2.40 bits per heavy atom. The number of halogens is 1. The van der Waals surface area contributed by atoms with Gasteiger partial charge in [0.15, 0.2) is 0 Å². The van der Waals surface area contributed by atoms with Crippen LogP contribution in [0.5, 0.6) is 0 Å². The summed E-state index contributed by atoms with van der Waals surface area (Å²) in [6, 6.07) is 2.07. The molecule has 0 aromatic carbocycles. The zero-order chi connectivity index (χ0) is 11.6. The highest BCUT2D eigenvalue weighted by Crippen LogP contribution is 2.18. The van der Waals surface area contributed by atoms with Crippen molar-refractivity contribution in [3.8, 4) is 0 Å². The van der Waals surface area contributed by atoms with Gasteiger partial charge in [-0.2, -0.15) is 4.98 Å². The van der Waals surface area contributed by atoms with Gasteiger partial charge in [-0.25, -0.2) is 4.98 Å². The summed E-state index contributed by atoms with van der Waals surface area (Å²) >= 11 is 3.31. The molecule has 1 atom stereocenters. The van der Waals surface area contributed by atoms with E-state index in [0.717, 1.165) is 0 Å². The fourth-order valence-corrected chi connectivity index (χ4v) is 1.60. The highest BCUT2D eigenvalue weighted by Gasteiger charge is 2.16. The van der Waals surface area contributed by atoms with Crippen LogP contribution in [0.4, 0.5) is 11.8 Å². The first-order chi connectivity index (χ1) is 6.91. The van der Waals surface area contributed by atoms with Crippen LogP contribution in [-0.4, -0.2) is 23.1 Å². The molecule has 1 aromatic rings. The number of rotatable bonds is 3. The number of aromatic nitrogens is 2. The highest BCUT2D eigenvalue weighted by atomic mass is 79.9. The number of nitrogens with two attached hydrogens (primary N) is 1. The molecule has 0 amide bonds. The minimum atomic E-state index is 0.374. The molecule has 15 heavy (non-hydrogen) atoms. The predicted molar refractivity (Wildman–Crippen MR) is 66.8 cm³/mol. The van der Waals surface area contributed by atoms with E-state index in [0.29, 0.717) is 28.3 Å². The lowest BCUT2D eigenvalue weighted by atomic mass is 10.1. The maximum absolute atomic E-state index is 5.67. The molecule has 0 aliphatic carbocycles. The molecule has 1 heterocycles. The molecule has 0 bridgehead atoms. The second-order valence-corrected chi connectivity index (χ2v) is 4.82. The van der Waals surface area contributed by atoms with Gasteiger partial charge in [0.2, 0.25) is 5.95 Å². The Balaban J connectivity index is 2.95. The summed E-state index contributed by atoms with van der Waals surface area (Å²) in [5.41, 5.74) is 5.67. The van der Waals surface area contributed by atoms with Crippen molar-refractivity contribution >= 4 is 27.7 Å². The van der Waals surface area contributed by atoms with Crippen LogP contribution in [0.2, 0.25) is 0 Å². The van der Waals surface area contributed by atoms with Gasteiger partial charge in [-0.1, -0.05) is 13.8 Å². The van der Waals surface area contributed by atoms with Crippen LogP contribution in [0.25, 0.3) is 0 Å². The summed E-state index contributed by atoms with van der Waals surface area (Å²) in [6.07, 6.45) is 0. The van der Waals surface area contributed by atoms with E-state index in [-0.39, 0.29) is 0 Å². The maximum Gasteiger partial charge on any atom is 0.228 e. The van der Waals surface area contributed by atoms with E-state index in [1.807, 2.05) is 11.9 Å². The van der Waals surface area contributed by atoms with Gasteiger partial charge < -0.3 is 10.6 Å². The van der Waals surface area contributed by atoms with Gasteiger partial charge in [0.25, 0.3) is 0 Å². The molecule has 1 rings (SSSR count). The highest BCUT2D eigenvalue weighted by molar-refractivity contribution is 9.10. The summed E-state index contributed by atoms with van der Waals surface area (Å²) < 4.78 is 0.716. The Hall–Kier alpha value is -0.840. The SMILES string of the molecule is CC(C)C(C)N(C)c1nc(N)cc(Br)n1. The van der Waals surface area contributed by atoms with Crippen LogP contribution in [0, 0.1) is 5.92 Å². The lowest BCUT2D eigenvalue weighted by molar-refractivity contribution is 0.499. The average molecular weight is 273 g/mol. The van der Waals surface area contributed by atoms with Gasteiger partial charge in [-0.15, -0.1) is 0 Å². The summed E-state index contributed by atoms with van der Waals surface area (Å²) in [7, 11) is 1.98. The number of nitrogens with zero attached hydrogens (tertiary/aromatic N) is 3. The van der Waals surface area contributed by atoms with Gasteiger partial charge in [-0.05, 0) is 28.8 Å². The van der Waals surface area contributed by atoms with Crippen molar-refractivity contribution in [2.24, 2.45) is 5.92 Å². The van der Waals surface area contributed by atoms with Crippen molar-refractivity contribution in [2.75, 3.05) is 17.7 Å². The molecular formula is C10H17BrN4. The van der Waals surface area contributed by atoms with Crippen molar-refractivity contribution < 1.29 is 0 Å². The van der Waals surface area contributed by atoms with E-state index >= 15 is 0 Å². The van der Waals surface area contributed by atoms with Crippen molar-refractivity contribution in [1.82, 2.24) is 9.97 Å². The zero-order valence-corrected chi connectivity index (χ0v) is 11.1. The zero-order valence-electron chi connectivity index (χ0n) is 9.53. The Morgan fingerprint density at radius 2 is 1.93 bits per heavy atom. The molecule has 0 spiro atoms. The Labute approximate surface area is 99.0 Å². The Morgan fingerprint density at radius 1 is 1.33 bits per heavy atom. The predicted octanol–water partition coefficient (Wildman–Crippen LogP) is 2.30. The second-order valence-electron chi connectivity index (χ2n) is 4.01. The fraction of sp³-hybridized carbons (Fsp3) is 0.600. The van der Waals surface area contributed by atoms with E-state index in [4.69, 9.17) is 5.73 Å². The van der Waals surface area contributed by atoms with Crippen molar-refractivity contribution in [3.63, 3.8) is 0 Å². The van der Waals surface area contributed by atoms with Gasteiger partial charge in [0.05, 0.1) is 0 Å². The molecule has 0 radical (unpaired) electrons. The van der Waals surface area contributed by atoms with Crippen LogP contribution < -0.4 is 10.6 Å². The quantitative estimate of drug-likeness (QED) is 0.858. The molecule has 1 unspecified atom stereocenters. The van der Waals surface area contributed by atoms with Crippen LogP contribution in [0.15, 0.2) is 10.7 Å². The third-order valence-electron chi connectivity index (χ3n) is 2.59. The maximum atomic E-state index is 5.67. The normalized spacial score (nSPS) is 12.9. The topological polar surface area (TPSA) is 55.0 Å². The minimum Gasteiger partial charge on any atom is -0.383 e. The molecule has 0 saturated heterocycles. The molecule has 0 fully saturated rings. The van der Waals surface area contributed by atoms with Crippen molar-refractivity contribution in [1.29, 1.82) is 0 Å². The third-order valence-corrected chi connectivity index (χ3v) is 3.00. The largest absolute Gasteiger partial charge is 0.383 e. The lowest BCUT2D eigenvalue weighted by Gasteiger charge is -2.28. The molecule has 0 aliphatic heterocycles. The van der Waals surface area contributed by atoms with E-state index in [2.05, 4.69) is 46.7 Å². The number of hydrogen-bond acceptors (Lipinski definition) is 4. The van der Waals surface area contributed by atoms with E-state index in [9.17, 15) is 0 Å². The third kappa shape index (κ3) is 3.06. The van der Waals surface area contributed by atoms with Gasteiger partial charge in [-0.3, -0.25) is 0 Å². The van der Waals surface area contributed by atoms with Crippen LogP contribution in [0.1, 0.15) is 20.8 Å². The average Bonchev–Trinajstić information content (AvgIpc) is 2.13. The van der Waals surface area contributed by atoms with Gasteiger partial charge >= 0.3 is 0 Å². The number of nitrogen functional groups attached to an aromatic ring is 1. The lowest BCUT2D eigenvalue weighted by Crippen LogP contribution is -2.34. The molecule has 2 N–H and O–H groups in total. The summed E-state index contributed by atoms with van der Waals surface area (Å²) in [5, 5.41) is 0. The van der Waals surface area contributed by atoms with E-state index in [1.54, 1.807) is 6.07 Å². The molecule has 4 nitrogen and oxygen atoms in total. The Bertz CT molecular complexity index is 320. The minimum absolute atomic E-state index is 0.374. The standard InChI is InChI=1S/C10H17BrN4/c1-6(2)7(3)15(4)10-13-8(11)5-9(12)14-10/h5-7H,1-4H3,(H2,12,13,14). The first-order valence-electron chi connectivity index (χ1n) is 4.94. The molecule has 5 heteroatoms. The summed E-state index contributed by atoms with van der Waals surface area (Å²) in [6.45, 7) is 6.48. The fourth-order valence-electron chi connectivity index (χ4n) is 1.21. The van der Waals surface area contributed by atoms with Crippen LogP contribution in [0.3, 0.4) is 0 Å². The molecule has 0 aliphatic rings. The van der Waals surface area contributed by atoms with Gasteiger partial charge in [0.1, 0.15) is 10.4 Å². The Kier molecular flexibility index (Phi) is 3.90. The van der Waals surface area contributed by atoms with Crippen molar-refractivity contribution in [2.45, 2.75) is 26.8 Å². The second kappa shape index (κ2) is 4.79. The monoisotopic (exact) mass is 272 g/mol. The van der Waals surface area contributed by atoms with Crippen LogP contribution >= 0.6 is 15.9 Å². The first-order valence-corrected chi connectivity index (χ1v) is 5.74. The molecular weight excluding hydrogens is 256 g/mol. The molecule has 1 aromatic heterocycles. The van der Waals surface area contributed by atoms with Crippen LogP contribution in [-0.2, 0) is 0 Å².